The zero-order chi connectivity index (χ0) is 16.9. The smallest absolute Gasteiger partial charge is 0.241 e. The molecule has 1 saturated carbocycles. The third kappa shape index (κ3) is 4.32. The molecule has 2 N–H and O–H groups in total. The van der Waals surface area contributed by atoms with Crippen LogP contribution in [-0.4, -0.2) is 19.1 Å². The second-order valence-electron chi connectivity index (χ2n) is 6.00. The molecule has 0 heterocycles. The lowest BCUT2D eigenvalue weighted by atomic mass is 10.1. The van der Waals surface area contributed by atoms with Gasteiger partial charge in [-0.1, -0.05) is 24.3 Å². The van der Waals surface area contributed by atoms with Gasteiger partial charge in [-0.25, -0.2) is 4.39 Å². The van der Waals surface area contributed by atoms with Crippen LogP contribution in [0.4, 0.5) is 4.39 Å². The fourth-order valence-electron chi connectivity index (χ4n) is 2.53. The molecular weight excluding hydrogens is 307 g/mol. The molecule has 1 atom stereocenters. The van der Waals surface area contributed by atoms with E-state index in [1.54, 1.807) is 19.2 Å². The maximum absolute atomic E-state index is 13.2. The first-order valence-corrected chi connectivity index (χ1v) is 8.08. The van der Waals surface area contributed by atoms with Gasteiger partial charge in [0, 0.05) is 12.6 Å². The van der Waals surface area contributed by atoms with Crippen LogP contribution >= 0.6 is 0 Å². The van der Waals surface area contributed by atoms with Gasteiger partial charge in [0.25, 0.3) is 0 Å². The largest absolute Gasteiger partial charge is 0.497 e. The lowest BCUT2D eigenvalue weighted by molar-refractivity contribution is -0.123. The summed E-state index contributed by atoms with van der Waals surface area (Å²) in [6.07, 6.45) is 2.05. The van der Waals surface area contributed by atoms with Crippen molar-refractivity contribution in [1.29, 1.82) is 0 Å². The van der Waals surface area contributed by atoms with Crippen LogP contribution in [0.1, 0.15) is 30.0 Å². The highest BCUT2D eigenvalue weighted by Gasteiger charge is 2.28. The minimum atomic E-state index is -0.516. The maximum Gasteiger partial charge on any atom is 0.241 e. The summed E-state index contributed by atoms with van der Waals surface area (Å²) < 4.78 is 18.4. The number of carbonyl (C=O) groups is 1. The molecule has 0 bridgehead atoms. The second-order valence-corrected chi connectivity index (χ2v) is 6.00. The molecule has 3 rings (SSSR count). The van der Waals surface area contributed by atoms with Crippen LogP contribution in [0.15, 0.2) is 48.5 Å². The van der Waals surface area contributed by atoms with Gasteiger partial charge in [-0.15, -0.1) is 0 Å². The molecule has 0 saturated heterocycles. The van der Waals surface area contributed by atoms with Gasteiger partial charge >= 0.3 is 0 Å². The standard InChI is InChI=1S/C19H21FN2O2/c1-24-17-4-2-3-13(11-17)12-21-18(19(23)22-16-9-10-16)14-5-7-15(20)8-6-14/h2-8,11,16,18,21H,9-10,12H2,1H3,(H,22,23)/t18-/m0/s1. The van der Waals surface area contributed by atoms with Crippen molar-refractivity contribution >= 4 is 5.91 Å². The summed E-state index contributed by atoms with van der Waals surface area (Å²) in [6.45, 7) is 0.511. The van der Waals surface area contributed by atoms with Crippen LogP contribution in [0.25, 0.3) is 0 Å². The number of benzene rings is 2. The molecule has 1 aliphatic carbocycles. The Labute approximate surface area is 141 Å². The summed E-state index contributed by atoms with van der Waals surface area (Å²) in [4.78, 5) is 12.5. The summed E-state index contributed by atoms with van der Waals surface area (Å²) in [5.41, 5.74) is 1.76. The number of methoxy groups -OCH3 is 1. The normalized spacial score (nSPS) is 14.9. The van der Waals surface area contributed by atoms with Gasteiger partial charge in [0.15, 0.2) is 0 Å². The molecule has 5 heteroatoms. The predicted octanol–water partition coefficient (Wildman–Crippen LogP) is 2.94. The lowest BCUT2D eigenvalue weighted by Gasteiger charge is -2.19. The van der Waals surface area contributed by atoms with Gasteiger partial charge in [0.1, 0.15) is 17.6 Å². The number of nitrogens with one attached hydrogen (secondary N) is 2. The van der Waals surface area contributed by atoms with Gasteiger partial charge in [0.05, 0.1) is 7.11 Å². The quantitative estimate of drug-likeness (QED) is 0.822. The highest BCUT2D eigenvalue weighted by Crippen LogP contribution is 2.22. The van der Waals surface area contributed by atoms with E-state index in [0.717, 1.165) is 29.7 Å². The topological polar surface area (TPSA) is 50.4 Å². The van der Waals surface area contributed by atoms with Crippen molar-refractivity contribution in [2.45, 2.75) is 31.5 Å². The zero-order valence-corrected chi connectivity index (χ0v) is 13.6. The molecular formula is C19H21FN2O2. The molecule has 0 spiro atoms. The Morgan fingerprint density at radius 2 is 2.00 bits per heavy atom. The molecule has 2 aromatic carbocycles. The van der Waals surface area contributed by atoms with E-state index in [-0.39, 0.29) is 17.8 Å². The molecule has 24 heavy (non-hydrogen) atoms. The molecule has 0 aliphatic heterocycles. The molecule has 1 aliphatic rings. The van der Waals surface area contributed by atoms with Gasteiger partial charge in [-0.05, 0) is 48.2 Å². The van der Waals surface area contributed by atoms with Crippen LogP contribution in [0, 0.1) is 5.82 Å². The third-order valence-electron chi connectivity index (χ3n) is 4.03. The molecule has 2 aromatic rings. The summed E-state index contributed by atoms with van der Waals surface area (Å²) in [5.74, 6) is 0.384. The van der Waals surface area contributed by atoms with E-state index >= 15 is 0 Å². The van der Waals surface area contributed by atoms with Crippen molar-refractivity contribution in [1.82, 2.24) is 10.6 Å². The highest BCUT2D eigenvalue weighted by molar-refractivity contribution is 5.83. The lowest BCUT2D eigenvalue weighted by Crippen LogP contribution is -2.38. The van der Waals surface area contributed by atoms with Gasteiger partial charge in [-0.3, -0.25) is 10.1 Å². The minimum Gasteiger partial charge on any atom is -0.497 e. The van der Waals surface area contributed by atoms with Crippen molar-refractivity contribution in [3.63, 3.8) is 0 Å². The SMILES string of the molecule is COc1cccc(CN[C@H](C(=O)NC2CC2)c2ccc(F)cc2)c1. The zero-order valence-electron chi connectivity index (χ0n) is 13.6. The first-order chi connectivity index (χ1) is 11.7. The Kier molecular flexibility index (Phi) is 5.11. The molecule has 1 amide bonds. The minimum absolute atomic E-state index is 0.0768. The number of ether oxygens (including phenoxy) is 1. The van der Waals surface area contributed by atoms with E-state index in [0.29, 0.717) is 6.54 Å². The number of rotatable bonds is 7. The molecule has 4 nitrogen and oxygen atoms in total. The van der Waals surface area contributed by atoms with Crippen molar-refractivity contribution < 1.29 is 13.9 Å². The van der Waals surface area contributed by atoms with Crippen LogP contribution < -0.4 is 15.4 Å². The Morgan fingerprint density at radius 1 is 1.25 bits per heavy atom. The second kappa shape index (κ2) is 7.45. The third-order valence-corrected chi connectivity index (χ3v) is 4.03. The number of amides is 1. The Balaban J connectivity index is 1.73. The van der Waals surface area contributed by atoms with Gasteiger partial charge < -0.3 is 10.1 Å². The summed E-state index contributed by atoms with van der Waals surface area (Å²) in [6, 6.07) is 13.5. The molecule has 0 unspecified atom stereocenters. The highest BCUT2D eigenvalue weighted by atomic mass is 19.1. The van der Waals surface area contributed by atoms with Crippen LogP contribution in [-0.2, 0) is 11.3 Å². The fraction of sp³-hybridized carbons (Fsp3) is 0.316. The van der Waals surface area contributed by atoms with Crippen molar-refractivity contribution in [3.8, 4) is 5.75 Å². The number of hydrogen-bond acceptors (Lipinski definition) is 3. The van der Waals surface area contributed by atoms with E-state index < -0.39 is 6.04 Å². The van der Waals surface area contributed by atoms with Crippen LogP contribution in [0.5, 0.6) is 5.75 Å². The van der Waals surface area contributed by atoms with E-state index in [2.05, 4.69) is 10.6 Å². The average Bonchev–Trinajstić information content (AvgIpc) is 3.41. The molecule has 0 aromatic heterocycles. The average molecular weight is 328 g/mol. The van der Waals surface area contributed by atoms with E-state index in [1.807, 2.05) is 24.3 Å². The first-order valence-electron chi connectivity index (χ1n) is 8.08. The number of halogens is 1. The molecule has 1 fully saturated rings. The number of carbonyl (C=O) groups excluding carboxylic acids is 1. The predicted molar refractivity (Wildman–Crippen MR) is 90.1 cm³/mol. The van der Waals surface area contributed by atoms with E-state index in [1.165, 1.54) is 12.1 Å². The van der Waals surface area contributed by atoms with Crippen molar-refractivity contribution in [2.75, 3.05) is 7.11 Å². The first kappa shape index (κ1) is 16.5. The summed E-state index contributed by atoms with van der Waals surface area (Å²) in [7, 11) is 1.62. The molecule has 0 radical (unpaired) electrons. The Bertz CT molecular complexity index is 699. The maximum atomic E-state index is 13.2. The van der Waals surface area contributed by atoms with Crippen molar-refractivity contribution in [3.05, 3.63) is 65.5 Å². The van der Waals surface area contributed by atoms with E-state index in [4.69, 9.17) is 4.74 Å². The van der Waals surface area contributed by atoms with Crippen LogP contribution in [0.3, 0.4) is 0 Å². The Hall–Kier alpha value is -2.40. The van der Waals surface area contributed by atoms with E-state index in [9.17, 15) is 9.18 Å². The summed E-state index contributed by atoms with van der Waals surface area (Å²) in [5, 5.41) is 6.27. The monoisotopic (exact) mass is 328 g/mol. The number of hydrogen-bond donors (Lipinski definition) is 2. The Morgan fingerprint density at radius 3 is 2.67 bits per heavy atom. The van der Waals surface area contributed by atoms with Gasteiger partial charge in [-0.2, -0.15) is 0 Å². The van der Waals surface area contributed by atoms with Crippen LogP contribution in [0.2, 0.25) is 0 Å². The molecule has 126 valence electrons. The fourth-order valence-corrected chi connectivity index (χ4v) is 2.53. The van der Waals surface area contributed by atoms with Gasteiger partial charge in [0.2, 0.25) is 5.91 Å². The summed E-state index contributed by atoms with van der Waals surface area (Å²) >= 11 is 0. The van der Waals surface area contributed by atoms with Crippen molar-refractivity contribution in [2.24, 2.45) is 0 Å².